The first-order chi connectivity index (χ1) is 5.29. The minimum atomic E-state index is 0.421. The minimum absolute atomic E-state index is 0.421. The topological polar surface area (TPSA) is 61.0 Å². The molecule has 1 rings (SSSR count). The highest BCUT2D eigenvalue weighted by Gasteiger charge is 2.03. The Bertz CT molecular complexity index is 227. The van der Waals surface area contributed by atoms with Gasteiger partial charge in [-0.1, -0.05) is 0 Å². The van der Waals surface area contributed by atoms with E-state index in [9.17, 15) is 0 Å². The van der Waals surface area contributed by atoms with Crippen LogP contribution < -0.4 is 10.5 Å². The number of methoxy groups -OCH3 is 1. The molecule has 0 fully saturated rings. The van der Waals surface area contributed by atoms with E-state index in [4.69, 9.17) is 10.5 Å². The highest BCUT2D eigenvalue weighted by molar-refractivity contribution is 5.27. The van der Waals surface area contributed by atoms with Crippen LogP contribution in [0.3, 0.4) is 0 Å². The van der Waals surface area contributed by atoms with Gasteiger partial charge in [0.05, 0.1) is 12.8 Å². The third-order valence-corrected chi connectivity index (χ3v) is 1.53. The van der Waals surface area contributed by atoms with Crippen molar-refractivity contribution in [2.75, 3.05) is 7.11 Å². The number of hydrogen-bond acceptors (Lipinski definition) is 4. The quantitative estimate of drug-likeness (QED) is 0.661. The molecule has 4 nitrogen and oxygen atoms in total. The first-order valence-corrected chi connectivity index (χ1v) is 3.34. The highest BCUT2D eigenvalue weighted by atomic mass is 16.5. The molecule has 1 aromatic heterocycles. The fourth-order valence-electron chi connectivity index (χ4n) is 0.880. The summed E-state index contributed by atoms with van der Waals surface area (Å²) in [5, 5.41) is 0. The molecule has 0 saturated heterocycles. The normalized spacial score (nSPS) is 9.73. The van der Waals surface area contributed by atoms with Gasteiger partial charge in [-0.2, -0.15) is 0 Å². The Morgan fingerprint density at radius 2 is 2.27 bits per heavy atom. The fraction of sp³-hybridized carbons (Fsp3) is 0.429. The molecule has 11 heavy (non-hydrogen) atoms. The molecular formula is C7H11N3O. The molecule has 1 heterocycles. The molecule has 0 saturated carbocycles. The van der Waals surface area contributed by atoms with Crippen molar-refractivity contribution in [3.63, 3.8) is 0 Å². The van der Waals surface area contributed by atoms with Crippen LogP contribution in [0.1, 0.15) is 11.3 Å². The summed E-state index contributed by atoms with van der Waals surface area (Å²) in [6, 6.07) is 0. The SMILES string of the molecule is COc1ncnc(CN)c1C. The average molecular weight is 153 g/mol. The lowest BCUT2D eigenvalue weighted by molar-refractivity contribution is 0.392. The zero-order chi connectivity index (χ0) is 8.27. The molecule has 0 aromatic carbocycles. The lowest BCUT2D eigenvalue weighted by Crippen LogP contribution is -2.04. The molecule has 0 radical (unpaired) electrons. The number of hydrogen-bond donors (Lipinski definition) is 1. The van der Waals surface area contributed by atoms with E-state index in [1.807, 2.05) is 6.92 Å². The van der Waals surface area contributed by atoms with Crippen LogP contribution in [0.15, 0.2) is 6.33 Å². The van der Waals surface area contributed by atoms with Crippen molar-refractivity contribution in [3.05, 3.63) is 17.6 Å². The first kappa shape index (κ1) is 7.94. The number of nitrogens with two attached hydrogens (primary N) is 1. The Morgan fingerprint density at radius 3 is 2.82 bits per heavy atom. The van der Waals surface area contributed by atoms with Crippen molar-refractivity contribution in [2.24, 2.45) is 5.73 Å². The van der Waals surface area contributed by atoms with E-state index >= 15 is 0 Å². The molecule has 0 aliphatic rings. The van der Waals surface area contributed by atoms with Crippen LogP contribution in [0.4, 0.5) is 0 Å². The molecule has 1 aromatic rings. The second-order valence-electron chi connectivity index (χ2n) is 2.16. The van der Waals surface area contributed by atoms with E-state index in [1.165, 1.54) is 6.33 Å². The molecule has 0 aliphatic heterocycles. The molecule has 4 heteroatoms. The summed E-state index contributed by atoms with van der Waals surface area (Å²) >= 11 is 0. The van der Waals surface area contributed by atoms with E-state index in [1.54, 1.807) is 7.11 Å². The maximum atomic E-state index is 5.43. The minimum Gasteiger partial charge on any atom is -0.481 e. The summed E-state index contributed by atoms with van der Waals surface area (Å²) in [5.74, 6) is 0.598. The summed E-state index contributed by atoms with van der Waals surface area (Å²) in [5.41, 5.74) is 7.17. The van der Waals surface area contributed by atoms with Gasteiger partial charge in [-0.05, 0) is 6.92 Å². The molecule has 0 amide bonds. The van der Waals surface area contributed by atoms with Crippen molar-refractivity contribution in [2.45, 2.75) is 13.5 Å². The van der Waals surface area contributed by atoms with Gasteiger partial charge in [-0.25, -0.2) is 9.97 Å². The lowest BCUT2D eigenvalue weighted by atomic mass is 10.2. The standard InChI is InChI=1S/C7H11N3O/c1-5-6(3-8)9-4-10-7(5)11-2/h4H,3,8H2,1-2H3. The van der Waals surface area contributed by atoms with Crippen LogP contribution in [0, 0.1) is 6.92 Å². The van der Waals surface area contributed by atoms with Crippen molar-refractivity contribution in [3.8, 4) is 5.88 Å². The molecule has 0 atom stereocenters. The Morgan fingerprint density at radius 1 is 1.55 bits per heavy atom. The van der Waals surface area contributed by atoms with Crippen LogP contribution in [0.25, 0.3) is 0 Å². The Hall–Kier alpha value is -1.16. The zero-order valence-corrected chi connectivity index (χ0v) is 6.66. The molecule has 0 spiro atoms. The molecule has 0 aliphatic carbocycles. The van der Waals surface area contributed by atoms with Gasteiger partial charge in [0.25, 0.3) is 0 Å². The third kappa shape index (κ3) is 1.46. The van der Waals surface area contributed by atoms with E-state index in [2.05, 4.69) is 9.97 Å². The van der Waals surface area contributed by atoms with Crippen LogP contribution in [0.5, 0.6) is 5.88 Å². The van der Waals surface area contributed by atoms with Crippen molar-refractivity contribution >= 4 is 0 Å². The van der Waals surface area contributed by atoms with Gasteiger partial charge in [0.15, 0.2) is 0 Å². The second-order valence-corrected chi connectivity index (χ2v) is 2.16. The van der Waals surface area contributed by atoms with Crippen molar-refractivity contribution in [1.82, 2.24) is 9.97 Å². The van der Waals surface area contributed by atoms with Crippen LogP contribution in [-0.2, 0) is 6.54 Å². The number of aromatic nitrogens is 2. The number of ether oxygens (including phenoxy) is 1. The van der Waals surface area contributed by atoms with Crippen molar-refractivity contribution in [1.29, 1.82) is 0 Å². The van der Waals surface area contributed by atoms with Gasteiger partial charge >= 0.3 is 0 Å². The smallest absolute Gasteiger partial charge is 0.219 e. The Balaban J connectivity index is 3.10. The largest absolute Gasteiger partial charge is 0.481 e. The molecular weight excluding hydrogens is 142 g/mol. The van der Waals surface area contributed by atoms with Gasteiger partial charge < -0.3 is 10.5 Å². The van der Waals surface area contributed by atoms with Gasteiger partial charge in [0, 0.05) is 12.1 Å². The fourth-order valence-corrected chi connectivity index (χ4v) is 0.880. The molecule has 2 N–H and O–H groups in total. The maximum absolute atomic E-state index is 5.43. The molecule has 0 bridgehead atoms. The number of rotatable bonds is 2. The van der Waals surface area contributed by atoms with E-state index in [0.717, 1.165) is 11.3 Å². The second kappa shape index (κ2) is 3.30. The zero-order valence-electron chi connectivity index (χ0n) is 6.66. The average Bonchev–Trinajstić information content (AvgIpc) is 2.05. The summed E-state index contributed by atoms with van der Waals surface area (Å²) in [6.45, 7) is 2.31. The van der Waals surface area contributed by atoms with Gasteiger partial charge in [-0.3, -0.25) is 0 Å². The molecule has 60 valence electrons. The predicted octanol–water partition coefficient (Wildman–Crippen LogP) is 0.252. The summed E-state index contributed by atoms with van der Waals surface area (Å²) < 4.78 is 4.98. The van der Waals surface area contributed by atoms with E-state index in [-0.39, 0.29) is 0 Å². The van der Waals surface area contributed by atoms with Gasteiger partial charge in [-0.15, -0.1) is 0 Å². The Labute approximate surface area is 65.4 Å². The van der Waals surface area contributed by atoms with Crippen LogP contribution in [0.2, 0.25) is 0 Å². The van der Waals surface area contributed by atoms with E-state index < -0.39 is 0 Å². The Kier molecular flexibility index (Phi) is 2.38. The summed E-state index contributed by atoms with van der Waals surface area (Å²) in [6.07, 6.45) is 1.45. The highest BCUT2D eigenvalue weighted by Crippen LogP contribution is 2.14. The number of nitrogens with zero attached hydrogens (tertiary/aromatic N) is 2. The van der Waals surface area contributed by atoms with Crippen LogP contribution >= 0.6 is 0 Å². The maximum Gasteiger partial charge on any atom is 0.219 e. The monoisotopic (exact) mass is 153 g/mol. The van der Waals surface area contributed by atoms with Crippen LogP contribution in [-0.4, -0.2) is 17.1 Å². The van der Waals surface area contributed by atoms with Gasteiger partial charge in [0.1, 0.15) is 6.33 Å². The molecule has 0 unspecified atom stereocenters. The lowest BCUT2D eigenvalue weighted by Gasteiger charge is -2.04. The third-order valence-electron chi connectivity index (χ3n) is 1.53. The predicted molar refractivity (Wildman–Crippen MR) is 41.2 cm³/mol. The van der Waals surface area contributed by atoms with E-state index in [0.29, 0.717) is 12.4 Å². The first-order valence-electron chi connectivity index (χ1n) is 3.34. The van der Waals surface area contributed by atoms with Crippen molar-refractivity contribution < 1.29 is 4.74 Å². The van der Waals surface area contributed by atoms with Gasteiger partial charge in [0.2, 0.25) is 5.88 Å². The summed E-state index contributed by atoms with van der Waals surface area (Å²) in [7, 11) is 1.58. The summed E-state index contributed by atoms with van der Waals surface area (Å²) in [4.78, 5) is 7.91.